The monoisotopic (exact) mass is 439 g/mol. The third-order valence-electron chi connectivity index (χ3n) is 4.48. The summed E-state index contributed by atoms with van der Waals surface area (Å²) in [6.45, 7) is 2.19. The summed E-state index contributed by atoms with van der Waals surface area (Å²) >= 11 is 18.0. The van der Waals surface area contributed by atoms with E-state index in [1.165, 1.54) is 35.2 Å². The Hall–Kier alpha value is -2.21. The van der Waals surface area contributed by atoms with Crippen molar-refractivity contribution in [3.8, 4) is 5.75 Å². The standard InChI is InChI=1S/C20H16Cl3NO4/c1-2-7-24-17(10-4-6-15(25)14(23)8-10)16(19(27)20(24)28)18(26)11-3-5-12(21)13(22)9-11/h3-6,8-9,17,25-26H,2,7H2,1H3/b18-16-. The van der Waals surface area contributed by atoms with Gasteiger partial charge >= 0.3 is 0 Å². The fraction of sp³-hybridized carbons (Fsp3) is 0.200. The van der Waals surface area contributed by atoms with Crippen molar-refractivity contribution in [2.24, 2.45) is 0 Å². The Morgan fingerprint density at radius 2 is 1.75 bits per heavy atom. The van der Waals surface area contributed by atoms with Crippen LogP contribution in [0.4, 0.5) is 0 Å². The minimum Gasteiger partial charge on any atom is -0.507 e. The van der Waals surface area contributed by atoms with E-state index < -0.39 is 17.7 Å². The molecule has 0 bridgehead atoms. The highest BCUT2D eigenvalue weighted by Gasteiger charge is 2.45. The number of aliphatic hydroxyl groups is 1. The molecule has 146 valence electrons. The summed E-state index contributed by atoms with van der Waals surface area (Å²) in [6, 6.07) is 8.00. The van der Waals surface area contributed by atoms with Crippen LogP contribution in [0.5, 0.6) is 5.75 Å². The van der Waals surface area contributed by atoms with Gasteiger partial charge in [-0.15, -0.1) is 0 Å². The van der Waals surface area contributed by atoms with Crippen LogP contribution in [0.1, 0.15) is 30.5 Å². The van der Waals surface area contributed by atoms with Gasteiger partial charge in [0.15, 0.2) is 0 Å². The molecular formula is C20H16Cl3NO4. The quantitative estimate of drug-likeness (QED) is 0.390. The zero-order chi connectivity index (χ0) is 20.6. The third kappa shape index (κ3) is 3.58. The van der Waals surface area contributed by atoms with Crippen LogP contribution in [0.2, 0.25) is 15.1 Å². The first-order valence-corrected chi connectivity index (χ1v) is 9.61. The number of rotatable bonds is 4. The van der Waals surface area contributed by atoms with E-state index in [-0.39, 0.29) is 32.7 Å². The number of amides is 1. The molecule has 5 nitrogen and oxygen atoms in total. The predicted octanol–water partition coefficient (Wildman–Crippen LogP) is 5.18. The van der Waals surface area contributed by atoms with Crippen molar-refractivity contribution < 1.29 is 19.8 Å². The summed E-state index contributed by atoms with van der Waals surface area (Å²) in [7, 11) is 0. The van der Waals surface area contributed by atoms with Crippen LogP contribution in [0, 0.1) is 0 Å². The number of aromatic hydroxyl groups is 1. The van der Waals surface area contributed by atoms with Gasteiger partial charge in [-0.2, -0.15) is 0 Å². The van der Waals surface area contributed by atoms with Crippen LogP contribution in [0.3, 0.4) is 0 Å². The molecule has 2 N–H and O–H groups in total. The number of carbonyl (C=O) groups excluding carboxylic acids is 2. The molecule has 28 heavy (non-hydrogen) atoms. The Kier molecular flexibility index (Phi) is 5.89. The maximum atomic E-state index is 12.7. The maximum absolute atomic E-state index is 12.7. The number of benzene rings is 2. The number of phenolic OH excluding ortho intramolecular Hbond substituents is 1. The molecule has 0 aliphatic carbocycles. The first-order chi connectivity index (χ1) is 13.3. The number of ketones is 1. The van der Waals surface area contributed by atoms with E-state index >= 15 is 0 Å². The Morgan fingerprint density at radius 1 is 1.04 bits per heavy atom. The van der Waals surface area contributed by atoms with E-state index in [0.717, 1.165) is 0 Å². The third-order valence-corrected chi connectivity index (χ3v) is 5.53. The smallest absolute Gasteiger partial charge is 0.295 e. The Morgan fingerprint density at radius 3 is 2.36 bits per heavy atom. The van der Waals surface area contributed by atoms with Crippen LogP contribution in [-0.2, 0) is 9.59 Å². The van der Waals surface area contributed by atoms with Gasteiger partial charge in [0.2, 0.25) is 0 Å². The lowest BCUT2D eigenvalue weighted by atomic mass is 9.95. The van der Waals surface area contributed by atoms with Gasteiger partial charge in [0.1, 0.15) is 11.5 Å². The first-order valence-electron chi connectivity index (χ1n) is 8.48. The maximum Gasteiger partial charge on any atom is 0.295 e. The van der Waals surface area contributed by atoms with Crippen molar-refractivity contribution in [2.75, 3.05) is 6.54 Å². The second-order valence-electron chi connectivity index (χ2n) is 6.33. The lowest BCUT2D eigenvalue weighted by Gasteiger charge is -2.25. The average Bonchev–Trinajstić information content (AvgIpc) is 2.91. The highest BCUT2D eigenvalue weighted by molar-refractivity contribution is 6.47. The predicted molar refractivity (Wildman–Crippen MR) is 109 cm³/mol. The van der Waals surface area contributed by atoms with Gasteiger partial charge in [0.25, 0.3) is 11.7 Å². The van der Waals surface area contributed by atoms with E-state index in [9.17, 15) is 19.8 Å². The van der Waals surface area contributed by atoms with Gasteiger partial charge in [-0.1, -0.05) is 47.8 Å². The normalized spacial score (nSPS) is 18.7. The number of carbonyl (C=O) groups is 2. The van der Waals surface area contributed by atoms with Crippen molar-refractivity contribution in [2.45, 2.75) is 19.4 Å². The van der Waals surface area contributed by atoms with Crippen LogP contribution < -0.4 is 0 Å². The Labute approximate surface area is 176 Å². The van der Waals surface area contributed by atoms with Crippen LogP contribution in [0.15, 0.2) is 42.0 Å². The van der Waals surface area contributed by atoms with Gasteiger partial charge in [0, 0.05) is 12.1 Å². The summed E-state index contributed by atoms with van der Waals surface area (Å²) in [5.74, 6) is -1.99. The van der Waals surface area contributed by atoms with Crippen molar-refractivity contribution in [1.29, 1.82) is 0 Å². The van der Waals surface area contributed by atoms with Crippen molar-refractivity contribution >= 4 is 52.3 Å². The summed E-state index contributed by atoms with van der Waals surface area (Å²) in [4.78, 5) is 26.7. The average molecular weight is 441 g/mol. The summed E-state index contributed by atoms with van der Waals surface area (Å²) < 4.78 is 0. The van der Waals surface area contributed by atoms with Gasteiger partial charge in [-0.05, 0) is 42.3 Å². The van der Waals surface area contributed by atoms with Crippen LogP contribution in [0.25, 0.3) is 5.76 Å². The molecule has 0 saturated carbocycles. The molecule has 0 radical (unpaired) electrons. The number of hydrogen-bond acceptors (Lipinski definition) is 4. The molecule has 1 unspecified atom stereocenters. The molecule has 1 aliphatic heterocycles. The lowest BCUT2D eigenvalue weighted by Crippen LogP contribution is -2.30. The Bertz CT molecular complexity index is 1000. The van der Waals surface area contributed by atoms with Crippen LogP contribution in [-0.4, -0.2) is 33.3 Å². The molecule has 3 rings (SSSR count). The molecule has 2 aromatic carbocycles. The molecule has 1 fully saturated rings. The number of phenols is 1. The molecule has 1 amide bonds. The van der Waals surface area contributed by atoms with Crippen molar-refractivity contribution in [3.63, 3.8) is 0 Å². The Balaban J connectivity index is 2.22. The number of nitrogens with zero attached hydrogens (tertiary/aromatic N) is 1. The van der Waals surface area contributed by atoms with Gasteiger partial charge in [-0.3, -0.25) is 9.59 Å². The zero-order valence-electron chi connectivity index (χ0n) is 14.7. The molecule has 0 spiro atoms. The van der Waals surface area contributed by atoms with Crippen LogP contribution >= 0.6 is 34.8 Å². The number of halogens is 3. The lowest BCUT2D eigenvalue weighted by molar-refractivity contribution is -0.139. The van der Waals surface area contributed by atoms with Gasteiger partial charge in [-0.25, -0.2) is 0 Å². The van der Waals surface area contributed by atoms with Crippen molar-refractivity contribution in [1.82, 2.24) is 4.90 Å². The largest absolute Gasteiger partial charge is 0.507 e. The topological polar surface area (TPSA) is 77.8 Å². The fourth-order valence-corrected chi connectivity index (χ4v) is 3.68. The number of likely N-dealkylation sites (tertiary alicyclic amines) is 1. The molecule has 1 aliphatic rings. The zero-order valence-corrected chi connectivity index (χ0v) is 17.0. The van der Waals surface area contributed by atoms with Gasteiger partial charge in [0.05, 0.1) is 26.7 Å². The van der Waals surface area contributed by atoms with E-state index in [4.69, 9.17) is 34.8 Å². The molecule has 1 saturated heterocycles. The second kappa shape index (κ2) is 8.03. The number of aliphatic hydroxyl groups excluding tert-OH is 1. The fourth-order valence-electron chi connectivity index (χ4n) is 3.19. The second-order valence-corrected chi connectivity index (χ2v) is 7.55. The first kappa shape index (κ1) is 20.5. The minimum absolute atomic E-state index is 0.0707. The summed E-state index contributed by atoms with van der Waals surface area (Å²) in [6.07, 6.45) is 0.613. The molecule has 1 atom stereocenters. The molecular weight excluding hydrogens is 425 g/mol. The molecule has 2 aromatic rings. The van der Waals surface area contributed by atoms with E-state index in [1.54, 1.807) is 6.07 Å². The van der Waals surface area contributed by atoms with Gasteiger partial charge < -0.3 is 15.1 Å². The highest BCUT2D eigenvalue weighted by Crippen LogP contribution is 2.41. The summed E-state index contributed by atoms with van der Waals surface area (Å²) in [5, 5.41) is 21.1. The molecule has 1 heterocycles. The van der Waals surface area contributed by atoms with E-state index in [2.05, 4.69) is 0 Å². The number of Topliss-reactive ketones (excluding diaryl/α,β-unsaturated/α-hetero) is 1. The van der Waals surface area contributed by atoms with E-state index in [1.807, 2.05) is 6.92 Å². The van der Waals surface area contributed by atoms with E-state index in [0.29, 0.717) is 23.6 Å². The SMILES string of the molecule is CCCN1C(=O)C(=O)/C(=C(\O)c2ccc(Cl)c(Cl)c2)C1c1ccc(O)c(Cl)c1. The highest BCUT2D eigenvalue weighted by atomic mass is 35.5. The number of hydrogen-bond donors (Lipinski definition) is 2. The molecule has 8 heteroatoms. The van der Waals surface area contributed by atoms with Crippen molar-refractivity contribution in [3.05, 3.63) is 68.2 Å². The minimum atomic E-state index is -0.840. The molecule has 0 aromatic heterocycles. The summed E-state index contributed by atoms with van der Waals surface area (Å²) in [5.41, 5.74) is 0.689.